The summed E-state index contributed by atoms with van der Waals surface area (Å²) in [6.45, 7) is 4.98. The first-order valence-corrected chi connectivity index (χ1v) is 8.83. The summed E-state index contributed by atoms with van der Waals surface area (Å²) in [5.74, 6) is -0.776. The molecule has 0 spiro atoms. The van der Waals surface area contributed by atoms with Crippen LogP contribution in [0.4, 0.5) is 0 Å². The summed E-state index contributed by atoms with van der Waals surface area (Å²) in [5, 5.41) is 12.5. The van der Waals surface area contributed by atoms with Crippen LogP contribution in [0.3, 0.4) is 0 Å². The molecule has 0 aliphatic carbocycles. The van der Waals surface area contributed by atoms with Gasteiger partial charge in [-0.25, -0.2) is 4.98 Å². The van der Waals surface area contributed by atoms with Crippen molar-refractivity contribution >= 4 is 23.2 Å². The number of hydrogen-bond donors (Lipinski definition) is 2. The van der Waals surface area contributed by atoms with Gasteiger partial charge in [-0.3, -0.25) is 9.59 Å². The third kappa shape index (κ3) is 4.13. The maximum Gasteiger partial charge on any atom is 0.308 e. The molecule has 1 aromatic carbocycles. The number of carbonyl (C=O) groups excluding carboxylic acids is 1. The molecule has 1 amide bonds. The summed E-state index contributed by atoms with van der Waals surface area (Å²) in [7, 11) is 3.12. The lowest BCUT2D eigenvalue weighted by Gasteiger charge is -2.17. The van der Waals surface area contributed by atoms with Crippen LogP contribution in [-0.2, 0) is 4.79 Å². The highest BCUT2D eigenvalue weighted by atomic mass is 32.1. The van der Waals surface area contributed by atoms with Gasteiger partial charge in [-0.05, 0) is 39.0 Å². The first-order chi connectivity index (χ1) is 12.3. The summed E-state index contributed by atoms with van der Waals surface area (Å²) >= 11 is 1.25. The summed E-state index contributed by atoms with van der Waals surface area (Å²) in [6.07, 6.45) is 0. The van der Waals surface area contributed by atoms with Gasteiger partial charge >= 0.3 is 5.97 Å². The fourth-order valence-electron chi connectivity index (χ4n) is 2.31. The standard InChI is InChI=1S/C18H22N2O5S/c1-9(18(22)23)10(2)19-16(21)15-11(3)20-17(26-15)12-6-7-13(24-4)14(8-12)25-5/h6-10H,1-5H3,(H,19,21)(H,22,23). The molecular formula is C18H22N2O5S. The maximum absolute atomic E-state index is 12.5. The second kappa shape index (κ2) is 8.18. The molecule has 1 heterocycles. The maximum atomic E-state index is 12.5. The molecule has 0 bridgehead atoms. The fraction of sp³-hybridized carbons (Fsp3) is 0.389. The molecule has 1 aromatic heterocycles. The van der Waals surface area contributed by atoms with Crippen LogP contribution in [-0.4, -0.2) is 42.2 Å². The van der Waals surface area contributed by atoms with Gasteiger partial charge in [-0.1, -0.05) is 0 Å². The number of carboxylic acid groups (broad SMARTS) is 1. The van der Waals surface area contributed by atoms with Crippen LogP contribution >= 0.6 is 11.3 Å². The molecular weight excluding hydrogens is 356 g/mol. The number of amides is 1. The van der Waals surface area contributed by atoms with Gasteiger partial charge in [-0.2, -0.15) is 0 Å². The molecule has 26 heavy (non-hydrogen) atoms. The first-order valence-electron chi connectivity index (χ1n) is 8.02. The average Bonchev–Trinajstić information content (AvgIpc) is 3.01. The lowest BCUT2D eigenvalue weighted by molar-refractivity contribution is -0.141. The fourth-order valence-corrected chi connectivity index (χ4v) is 3.28. The number of carboxylic acids is 1. The van der Waals surface area contributed by atoms with Crippen molar-refractivity contribution in [3.63, 3.8) is 0 Å². The SMILES string of the molecule is COc1ccc(-c2nc(C)c(C(=O)NC(C)C(C)C(=O)O)s2)cc1OC. The monoisotopic (exact) mass is 378 g/mol. The van der Waals surface area contributed by atoms with Gasteiger partial charge in [0.1, 0.15) is 9.88 Å². The van der Waals surface area contributed by atoms with E-state index >= 15 is 0 Å². The van der Waals surface area contributed by atoms with Crippen molar-refractivity contribution in [3.05, 3.63) is 28.8 Å². The molecule has 8 heteroatoms. The number of carbonyl (C=O) groups is 2. The first kappa shape index (κ1) is 19.7. The van der Waals surface area contributed by atoms with E-state index in [1.54, 1.807) is 47.1 Å². The minimum atomic E-state index is -0.954. The van der Waals surface area contributed by atoms with Gasteiger partial charge in [-0.15, -0.1) is 11.3 Å². The summed E-state index contributed by atoms with van der Waals surface area (Å²) in [5.41, 5.74) is 1.40. The van der Waals surface area contributed by atoms with Gasteiger partial charge in [0.25, 0.3) is 5.91 Å². The Morgan fingerprint density at radius 1 is 1.19 bits per heavy atom. The lowest BCUT2D eigenvalue weighted by atomic mass is 10.0. The zero-order valence-electron chi connectivity index (χ0n) is 15.3. The van der Waals surface area contributed by atoms with Gasteiger partial charge in [0.05, 0.1) is 25.8 Å². The van der Waals surface area contributed by atoms with Crippen molar-refractivity contribution in [2.75, 3.05) is 14.2 Å². The smallest absolute Gasteiger partial charge is 0.308 e. The van der Waals surface area contributed by atoms with Crippen LogP contribution in [0.1, 0.15) is 29.2 Å². The minimum Gasteiger partial charge on any atom is -0.493 e. The number of hydrogen-bond acceptors (Lipinski definition) is 6. The molecule has 140 valence electrons. The van der Waals surface area contributed by atoms with E-state index < -0.39 is 17.9 Å². The zero-order chi connectivity index (χ0) is 19.4. The quantitative estimate of drug-likeness (QED) is 0.769. The number of nitrogens with one attached hydrogen (secondary N) is 1. The number of nitrogens with zero attached hydrogens (tertiary/aromatic N) is 1. The third-order valence-corrected chi connectivity index (χ3v) is 5.34. The molecule has 0 radical (unpaired) electrons. The summed E-state index contributed by atoms with van der Waals surface area (Å²) < 4.78 is 10.5. The third-order valence-electron chi connectivity index (χ3n) is 4.13. The van der Waals surface area contributed by atoms with Crippen molar-refractivity contribution in [2.24, 2.45) is 5.92 Å². The molecule has 0 aliphatic rings. The van der Waals surface area contributed by atoms with Crippen molar-refractivity contribution in [3.8, 4) is 22.1 Å². The van der Waals surface area contributed by atoms with Crippen molar-refractivity contribution in [1.29, 1.82) is 0 Å². The summed E-state index contributed by atoms with van der Waals surface area (Å²) in [4.78, 5) is 28.5. The minimum absolute atomic E-state index is 0.327. The zero-order valence-corrected chi connectivity index (χ0v) is 16.1. The number of rotatable bonds is 7. The number of methoxy groups -OCH3 is 2. The number of aryl methyl sites for hydroxylation is 1. The van der Waals surface area contributed by atoms with Crippen LogP contribution in [0.15, 0.2) is 18.2 Å². The molecule has 2 N–H and O–H groups in total. The predicted octanol–water partition coefficient (Wildman–Crippen LogP) is 2.97. The van der Waals surface area contributed by atoms with Crippen LogP contribution in [0.25, 0.3) is 10.6 Å². The number of ether oxygens (including phenoxy) is 2. The molecule has 7 nitrogen and oxygen atoms in total. The largest absolute Gasteiger partial charge is 0.493 e. The van der Waals surface area contributed by atoms with E-state index in [9.17, 15) is 9.59 Å². The Balaban J connectivity index is 2.26. The number of benzene rings is 1. The van der Waals surface area contributed by atoms with Crippen molar-refractivity contribution in [2.45, 2.75) is 26.8 Å². The molecule has 2 atom stereocenters. The van der Waals surface area contributed by atoms with Crippen LogP contribution in [0.5, 0.6) is 11.5 Å². The predicted molar refractivity (Wildman–Crippen MR) is 99.1 cm³/mol. The topological polar surface area (TPSA) is 97.8 Å². The normalized spacial score (nSPS) is 13.0. The Hall–Kier alpha value is -2.61. The Bertz CT molecular complexity index is 818. The van der Waals surface area contributed by atoms with Crippen LogP contribution in [0.2, 0.25) is 0 Å². The second-order valence-electron chi connectivity index (χ2n) is 5.89. The van der Waals surface area contributed by atoms with E-state index in [4.69, 9.17) is 14.6 Å². The molecule has 0 saturated heterocycles. The van der Waals surface area contributed by atoms with E-state index in [2.05, 4.69) is 10.3 Å². The Kier molecular flexibility index (Phi) is 6.20. The Morgan fingerprint density at radius 3 is 2.42 bits per heavy atom. The Morgan fingerprint density at radius 2 is 1.85 bits per heavy atom. The van der Waals surface area contributed by atoms with Crippen molar-refractivity contribution < 1.29 is 24.2 Å². The number of aliphatic carboxylic acids is 1. The average molecular weight is 378 g/mol. The molecule has 0 saturated carbocycles. The van der Waals surface area contributed by atoms with Gasteiger partial charge in [0.15, 0.2) is 11.5 Å². The second-order valence-corrected chi connectivity index (χ2v) is 6.89. The number of thiazole rings is 1. The number of aromatic nitrogens is 1. The molecule has 2 rings (SSSR count). The Labute approximate surface area is 156 Å². The van der Waals surface area contributed by atoms with Crippen LogP contribution in [0, 0.1) is 12.8 Å². The van der Waals surface area contributed by atoms with Gasteiger partial charge in [0.2, 0.25) is 0 Å². The van der Waals surface area contributed by atoms with E-state index in [-0.39, 0.29) is 5.91 Å². The molecule has 0 fully saturated rings. The van der Waals surface area contributed by atoms with E-state index in [1.807, 2.05) is 6.07 Å². The van der Waals surface area contributed by atoms with Crippen LogP contribution < -0.4 is 14.8 Å². The molecule has 0 aliphatic heterocycles. The lowest BCUT2D eigenvalue weighted by Crippen LogP contribution is -2.39. The highest BCUT2D eigenvalue weighted by Gasteiger charge is 2.24. The molecule has 2 aromatic rings. The van der Waals surface area contributed by atoms with E-state index in [0.717, 1.165) is 5.56 Å². The molecule has 2 unspecified atom stereocenters. The van der Waals surface area contributed by atoms with Gasteiger partial charge in [0, 0.05) is 11.6 Å². The van der Waals surface area contributed by atoms with E-state index in [1.165, 1.54) is 11.3 Å². The van der Waals surface area contributed by atoms with Crippen molar-refractivity contribution in [1.82, 2.24) is 10.3 Å². The van der Waals surface area contributed by atoms with E-state index in [0.29, 0.717) is 27.1 Å². The highest BCUT2D eigenvalue weighted by Crippen LogP contribution is 2.35. The summed E-state index contributed by atoms with van der Waals surface area (Å²) in [6, 6.07) is 4.93. The highest BCUT2D eigenvalue weighted by molar-refractivity contribution is 7.17. The van der Waals surface area contributed by atoms with Gasteiger partial charge < -0.3 is 19.9 Å².